The van der Waals surface area contributed by atoms with E-state index in [-0.39, 0.29) is 17.0 Å². The molecule has 0 saturated carbocycles. The van der Waals surface area contributed by atoms with Crippen LogP contribution in [0.4, 0.5) is 8.78 Å². The third-order valence-corrected chi connectivity index (χ3v) is 3.47. The Morgan fingerprint density at radius 3 is 2.65 bits per heavy atom. The van der Waals surface area contributed by atoms with Crippen molar-refractivity contribution in [2.75, 3.05) is 11.9 Å². The van der Waals surface area contributed by atoms with Crippen molar-refractivity contribution in [2.24, 2.45) is 5.92 Å². The van der Waals surface area contributed by atoms with Crippen LogP contribution in [0.2, 0.25) is 0 Å². The number of amides is 1. The number of rotatable bonds is 4. The highest BCUT2D eigenvalue weighted by Crippen LogP contribution is 2.14. The zero-order chi connectivity index (χ0) is 13.0. The van der Waals surface area contributed by atoms with Crippen LogP contribution >= 0.6 is 15.9 Å². The Morgan fingerprint density at radius 2 is 2.06 bits per heavy atom. The van der Waals surface area contributed by atoms with Gasteiger partial charge in [-0.1, -0.05) is 22.9 Å². The van der Waals surface area contributed by atoms with E-state index in [4.69, 9.17) is 0 Å². The van der Waals surface area contributed by atoms with Crippen molar-refractivity contribution in [2.45, 2.75) is 13.8 Å². The molecule has 94 valence electrons. The minimum Gasteiger partial charge on any atom is -0.352 e. The number of nitrogens with one attached hydrogen (secondary N) is 1. The van der Waals surface area contributed by atoms with Gasteiger partial charge < -0.3 is 5.32 Å². The fraction of sp³-hybridized carbons (Fsp3) is 0.417. The summed E-state index contributed by atoms with van der Waals surface area (Å²) in [6.45, 7) is 3.88. The van der Waals surface area contributed by atoms with Crippen LogP contribution in [0.15, 0.2) is 12.1 Å². The van der Waals surface area contributed by atoms with Gasteiger partial charge in [-0.05, 0) is 24.5 Å². The molecular weight excluding hydrogens is 292 g/mol. The molecule has 1 aromatic carbocycles. The second-order valence-electron chi connectivity index (χ2n) is 4.05. The van der Waals surface area contributed by atoms with E-state index in [1.165, 1.54) is 13.0 Å². The maximum absolute atomic E-state index is 13.4. The number of alkyl halides is 1. The van der Waals surface area contributed by atoms with Crippen LogP contribution in [0.3, 0.4) is 0 Å². The van der Waals surface area contributed by atoms with Crippen molar-refractivity contribution in [1.29, 1.82) is 0 Å². The van der Waals surface area contributed by atoms with Crippen molar-refractivity contribution >= 4 is 21.8 Å². The number of halogens is 3. The van der Waals surface area contributed by atoms with E-state index >= 15 is 0 Å². The lowest BCUT2D eigenvalue weighted by molar-refractivity contribution is 0.0945. The van der Waals surface area contributed by atoms with Crippen molar-refractivity contribution in [3.63, 3.8) is 0 Å². The summed E-state index contributed by atoms with van der Waals surface area (Å²) >= 11 is 3.28. The first-order chi connectivity index (χ1) is 7.95. The van der Waals surface area contributed by atoms with E-state index in [0.717, 1.165) is 11.4 Å². The molecule has 17 heavy (non-hydrogen) atoms. The molecule has 1 unspecified atom stereocenters. The van der Waals surface area contributed by atoms with Crippen molar-refractivity contribution in [3.8, 4) is 0 Å². The van der Waals surface area contributed by atoms with Gasteiger partial charge in [-0.15, -0.1) is 0 Å². The quantitative estimate of drug-likeness (QED) is 0.851. The summed E-state index contributed by atoms with van der Waals surface area (Å²) in [5.74, 6) is -1.74. The summed E-state index contributed by atoms with van der Waals surface area (Å²) in [7, 11) is 0. The first-order valence-corrected chi connectivity index (χ1v) is 6.37. The molecule has 1 aromatic rings. The second-order valence-corrected chi connectivity index (χ2v) is 4.70. The standard InChI is InChI=1S/C12H14BrF2NO/c1-7(5-13)6-16-12(17)9-3-8(2)10(14)4-11(9)15/h3-4,7H,5-6H2,1-2H3,(H,16,17). The van der Waals surface area contributed by atoms with Crippen LogP contribution < -0.4 is 5.32 Å². The van der Waals surface area contributed by atoms with Gasteiger partial charge >= 0.3 is 0 Å². The van der Waals surface area contributed by atoms with Gasteiger partial charge in [0.2, 0.25) is 0 Å². The second kappa shape index (κ2) is 6.10. The van der Waals surface area contributed by atoms with Crippen LogP contribution in [0.25, 0.3) is 0 Å². The van der Waals surface area contributed by atoms with Gasteiger partial charge in [0.05, 0.1) is 5.56 Å². The van der Waals surface area contributed by atoms with Crippen molar-refractivity contribution in [1.82, 2.24) is 5.32 Å². The van der Waals surface area contributed by atoms with Gasteiger partial charge in [0, 0.05) is 17.9 Å². The predicted octanol–water partition coefficient (Wildman–Crippen LogP) is 3.03. The third kappa shape index (κ3) is 3.77. The molecule has 1 amide bonds. The van der Waals surface area contributed by atoms with E-state index in [1.807, 2.05) is 6.92 Å². The number of carbonyl (C=O) groups is 1. The molecule has 1 atom stereocenters. The number of hydrogen-bond donors (Lipinski definition) is 1. The lowest BCUT2D eigenvalue weighted by Gasteiger charge is -2.10. The topological polar surface area (TPSA) is 29.1 Å². The Kier molecular flexibility index (Phi) is 5.05. The summed E-state index contributed by atoms with van der Waals surface area (Å²) in [5, 5.41) is 3.35. The zero-order valence-electron chi connectivity index (χ0n) is 9.69. The molecule has 2 nitrogen and oxygen atoms in total. The first kappa shape index (κ1) is 14.1. The Bertz CT molecular complexity index is 423. The van der Waals surface area contributed by atoms with Crippen molar-refractivity contribution in [3.05, 3.63) is 34.9 Å². The van der Waals surface area contributed by atoms with E-state index in [2.05, 4.69) is 21.2 Å². The Labute approximate surface area is 108 Å². The van der Waals surface area contributed by atoms with Gasteiger partial charge in [-0.3, -0.25) is 4.79 Å². The normalized spacial score (nSPS) is 12.3. The molecule has 0 saturated heterocycles. The van der Waals surface area contributed by atoms with E-state index in [0.29, 0.717) is 6.54 Å². The van der Waals surface area contributed by atoms with Gasteiger partial charge in [-0.2, -0.15) is 0 Å². The SMILES string of the molecule is Cc1cc(C(=O)NCC(C)CBr)c(F)cc1F. The summed E-state index contributed by atoms with van der Waals surface area (Å²) in [5.41, 5.74) is 0.135. The highest BCUT2D eigenvalue weighted by atomic mass is 79.9. The smallest absolute Gasteiger partial charge is 0.254 e. The number of aryl methyl sites for hydroxylation is 1. The number of carbonyl (C=O) groups excluding carboxylic acids is 1. The van der Waals surface area contributed by atoms with E-state index in [9.17, 15) is 13.6 Å². The average molecular weight is 306 g/mol. The highest BCUT2D eigenvalue weighted by Gasteiger charge is 2.14. The number of benzene rings is 1. The maximum Gasteiger partial charge on any atom is 0.254 e. The molecule has 1 N–H and O–H groups in total. The maximum atomic E-state index is 13.4. The molecule has 0 bridgehead atoms. The van der Waals surface area contributed by atoms with Gasteiger partial charge in [-0.25, -0.2) is 8.78 Å². The van der Waals surface area contributed by atoms with Gasteiger partial charge in [0.15, 0.2) is 0 Å². The summed E-state index contributed by atoms with van der Waals surface area (Å²) in [6, 6.07) is 1.96. The van der Waals surface area contributed by atoms with Crippen LogP contribution in [0.1, 0.15) is 22.8 Å². The van der Waals surface area contributed by atoms with Crippen LogP contribution in [-0.4, -0.2) is 17.8 Å². The summed E-state index contributed by atoms with van der Waals surface area (Å²) in [6.07, 6.45) is 0. The molecule has 0 radical (unpaired) electrons. The zero-order valence-corrected chi connectivity index (χ0v) is 11.3. The lowest BCUT2D eigenvalue weighted by atomic mass is 10.1. The van der Waals surface area contributed by atoms with E-state index in [1.54, 1.807) is 0 Å². The molecule has 0 aromatic heterocycles. The molecule has 0 aliphatic rings. The van der Waals surface area contributed by atoms with Gasteiger partial charge in [0.25, 0.3) is 5.91 Å². The van der Waals surface area contributed by atoms with Crippen molar-refractivity contribution < 1.29 is 13.6 Å². The fourth-order valence-corrected chi connectivity index (χ4v) is 1.48. The van der Waals surface area contributed by atoms with Crippen LogP contribution in [0, 0.1) is 24.5 Å². The van der Waals surface area contributed by atoms with Gasteiger partial charge in [0.1, 0.15) is 11.6 Å². The molecule has 0 heterocycles. The molecule has 0 fully saturated rings. The molecule has 0 aliphatic heterocycles. The molecule has 5 heteroatoms. The largest absolute Gasteiger partial charge is 0.352 e. The molecule has 1 rings (SSSR count). The summed E-state index contributed by atoms with van der Waals surface area (Å²) < 4.78 is 26.4. The highest BCUT2D eigenvalue weighted by molar-refractivity contribution is 9.09. The Morgan fingerprint density at radius 1 is 1.41 bits per heavy atom. The minimum atomic E-state index is -0.836. The molecular formula is C12H14BrF2NO. The van der Waals surface area contributed by atoms with Crippen LogP contribution in [-0.2, 0) is 0 Å². The first-order valence-electron chi connectivity index (χ1n) is 5.25. The van der Waals surface area contributed by atoms with Crippen LogP contribution in [0.5, 0.6) is 0 Å². The third-order valence-electron chi connectivity index (χ3n) is 2.37. The summed E-state index contributed by atoms with van der Waals surface area (Å²) in [4.78, 5) is 11.7. The fourth-order valence-electron chi connectivity index (χ4n) is 1.25. The number of hydrogen-bond acceptors (Lipinski definition) is 1. The minimum absolute atomic E-state index is 0.120. The monoisotopic (exact) mass is 305 g/mol. The predicted molar refractivity (Wildman–Crippen MR) is 66.4 cm³/mol. The molecule has 0 spiro atoms. The average Bonchev–Trinajstić information content (AvgIpc) is 2.30. The Hall–Kier alpha value is -0.970. The van der Waals surface area contributed by atoms with E-state index < -0.39 is 17.5 Å². The lowest BCUT2D eigenvalue weighted by Crippen LogP contribution is -2.29. The molecule has 0 aliphatic carbocycles. The Balaban J connectivity index is 2.79.